The number of pyridine rings is 1. The first-order chi connectivity index (χ1) is 8.28. The molecule has 1 aliphatic heterocycles. The topological polar surface area (TPSA) is 68.4 Å². The van der Waals surface area contributed by atoms with Gasteiger partial charge in [0.25, 0.3) is 0 Å². The number of carbonyl (C=O) groups is 1. The third-order valence-corrected chi connectivity index (χ3v) is 3.64. The molecule has 1 aliphatic rings. The van der Waals surface area contributed by atoms with E-state index in [1.165, 1.54) is 12.3 Å². The zero-order valence-corrected chi connectivity index (χ0v) is 10.9. The zero-order valence-electron chi connectivity index (χ0n) is 10.9. The molecule has 0 bridgehead atoms. The van der Waals surface area contributed by atoms with E-state index >= 15 is 0 Å². The van der Waals surface area contributed by atoms with E-state index in [1.807, 2.05) is 27.7 Å². The van der Waals surface area contributed by atoms with Gasteiger partial charge in [-0.2, -0.15) is 0 Å². The Morgan fingerprint density at radius 1 is 1.22 bits per heavy atom. The highest BCUT2D eigenvalue weighted by molar-refractivity contribution is 6.62. The Kier molecular flexibility index (Phi) is 2.95. The molecule has 2 heterocycles. The van der Waals surface area contributed by atoms with E-state index in [9.17, 15) is 9.59 Å². The summed E-state index contributed by atoms with van der Waals surface area (Å²) in [7, 11) is -0.732. The molecule has 0 amide bonds. The number of hydrogen-bond donors (Lipinski definition) is 1. The van der Waals surface area contributed by atoms with Gasteiger partial charge in [-0.1, -0.05) is 0 Å². The third-order valence-electron chi connectivity index (χ3n) is 3.64. The van der Waals surface area contributed by atoms with E-state index in [4.69, 9.17) is 9.31 Å². The van der Waals surface area contributed by atoms with Crippen molar-refractivity contribution in [3.63, 3.8) is 0 Å². The highest BCUT2D eigenvalue weighted by Gasteiger charge is 2.52. The molecular formula is C12H16BNO4. The van der Waals surface area contributed by atoms with Gasteiger partial charge in [-0.15, -0.1) is 0 Å². The van der Waals surface area contributed by atoms with Crippen LogP contribution in [-0.4, -0.2) is 29.6 Å². The van der Waals surface area contributed by atoms with Crippen LogP contribution in [0.3, 0.4) is 0 Å². The van der Waals surface area contributed by atoms with Crippen LogP contribution in [0.1, 0.15) is 38.1 Å². The van der Waals surface area contributed by atoms with E-state index in [0.717, 1.165) is 0 Å². The monoisotopic (exact) mass is 249 g/mol. The van der Waals surface area contributed by atoms with Gasteiger partial charge in [0.1, 0.15) is 0 Å². The molecule has 1 aromatic rings. The number of aromatic nitrogens is 1. The van der Waals surface area contributed by atoms with E-state index in [-0.39, 0.29) is 11.0 Å². The first-order valence-electron chi connectivity index (χ1n) is 5.81. The van der Waals surface area contributed by atoms with Crippen LogP contribution in [0, 0.1) is 0 Å². The number of rotatable bonds is 2. The lowest BCUT2D eigenvalue weighted by atomic mass is 9.81. The molecule has 0 radical (unpaired) electrons. The van der Waals surface area contributed by atoms with Crippen molar-refractivity contribution in [2.24, 2.45) is 0 Å². The van der Waals surface area contributed by atoms with Crippen molar-refractivity contribution in [3.8, 4) is 0 Å². The summed E-state index contributed by atoms with van der Waals surface area (Å²) in [4.78, 5) is 25.4. The molecule has 1 aromatic heterocycles. The lowest BCUT2D eigenvalue weighted by molar-refractivity contribution is 0.00578. The molecule has 0 aliphatic carbocycles. The van der Waals surface area contributed by atoms with Crippen LogP contribution in [0.4, 0.5) is 0 Å². The second kappa shape index (κ2) is 4.07. The van der Waals surface area contributed by atoms with E-state index in [1.54, 1.807) is 0 Å². The summed E-state index contributed by atoms with van der Waals surface area (Å²) < 4.78 is 11.6. The molecule has 0 aromatic carbocycles. The molecule has 18 heavy (non-hydrogen) atoms. The molecule has 1 N–H and O–H groups in total. The Labute approximate surface area is 106 Å². The van der Waals surface area contributed by atoms with Crippen molar-refractivity contribution in [1.29, 1.82) is 0 Å². The Morgan fingerprint density at radius 2 is 1.78 bits per heavy atom. The maximum Gasteiger partial charge on any atom is 0.512 e. The van der Waals surface area contributed by atoms with Gasteiger partial charge in [0.2, 0.25) is 0 Å². The van der Waals surface area contributed by atoms with E-state index in [0.29, 0.717) is 11.9 Å². The Morgan fingerprint density at radius 3 is 2.28 bits per heavy atom. The summed E-state index contributed by atoms with van der Waals surface area (Å²) in [6.07, 6.45) is 2.01. The number of aldehydes is 1. The number of aromatic amines is 1. The van der Waals surface area contributed by atoms with Gasteiger partial charge in [-0.3, -0.25) is 9.59 Å². The molecule has 0 unspecified atom stereocenters. The van der Waals surface area contributed by atoms with Crippen LogP contribution in [0.5, 0.6) is 0 Å². The molecule has 2 rings (SSSR count). The van der Waals surface area contributed by atoms with Crippen LogP contribution >= 0.6 is 0 Å². The summed E-state index contributed by atoms with van der Waals surface area (Å²) in [5, 5.41) is 0. The fourth-order valence-corrected chi connectivity index (χ4v) is 1.78. The molecule has 5 nitrogen and oxygen atoms in total. The summed E-state index contributed by atoms with van der Waals surface area (Å²) in [6, 6.07) is 1.30. The van der Waals surface area contributed by atoms with Crippen LogP contribution in [0.15, 0.2) is 17.1 Å². The van der Waals surface area contributed by atoms with Crippen LogP contribution in [0.25, 0.3) is 0 Å². The maximum absolute atomic E-state index is 11.6. The molecule has 0 saturated carbocycles. The molecule has 96 valence electrons. The fourth-order valence-electron chi connectivity index (χ4n) is 1.78. The quantitative estimate of drug-likeness (QED) is 0.611. The zero-order chi connectivity index (χ0) is 13.6. The average Bonchev–Trinajstić information content (AvgIpc) is 2.47. The number of hydrogen-bond acceptors (Lipinski definition) is 4. The van der Waals surface area contributed by atoms with E-state index < -0.39 is 18.3 Å². The van der Waals surface area contributed by atoms with Gasteiger partial charge in [-0.25, -0.2) is 0 Å². The van der Waals surface area contributed by atoms with E-state index in [2.05, 4.69) is 4.98 Å². The summed E-state index contributed by atoms with van der Waals surface area (Å²) >= 11 is 0. The molecular weight excluding hydrogens is 233 g/mol. The van der Waals surface area contributed by atoms with Gasteiger partial charge in [0, 0.05) is 12.3 Å². The average molecular weight is 249 g/mol. The lowest BCUT2D eigenvalue weighted by Crippen LogP contribution is -2.41. The highest BCUT2D eigenvalue weighted by Crippen LogP contribution is 2.36. The normalized spacial score (nSPS) is 21.0. The number of H-pyrrole nitrogens is 1. The van der Waals surface area contributed by atoms with Crippen molar-refractivity contribution >= 4 is 19.0 Å². The third kappa shape index (κ3) is 1.91. The smallest absolute Gasteiger partial charge is 0.398 e. The predicted octanol–water partition coefficient (Wildman–Crippen LogP) is 0.487. The minimum atomic E-state index is -0.732. The van der Waals surface area contributed by atoms with Gasteiger partial charge in [0.15, 0.2) is 11.7 Å². The largest absolute Gasteiger partial charge is 0.512 e. The van der Waals surface area contributed by atoms with Crippen molar-refractivity contribution in [2.45, 2.75) is 38.9 Å². The van der Waals surface area contributed by atoms with Crippen LogP contribution in [0.2, 0.25) is 0 Å². The predicted molar refractivity (Wildman–Crippen MR) is 68.2 cm³/mol. The van der Waals surface area contributed by atoms with Crippen molar-refractivity contribution in [1.82, 2.24) is 4.98 Å². The molecule has 6 heteroatoms. The Balaban J connectivity index is 2.45. The molecule has 1 saturated heterocycles. The molecule has 0 atom stereocenters. The van der Waals surface area contributed by atoms with Gasteiger partial charge in [0.05, 0.1) is 22.4 Å². The summed E-state index contributed by atoms with van der Waals surface area (Å²) in [5.41, 5.74) is -0.935. The second-order valence-corrected chi connectivity index (χ2v) is 5.38. The first kappa shape index (κ1) is 13.0. The lowest BCUT2D eigenvalue weighted by Gasteiger charge is -2.32. The second-order valence-electron chi connectivity index (χ2n) is 5.38. The van der Waals surface area contributed by atoms with Gasteiger partial charge >= 0.3 is 7.12 Å². The minimum absolute atomic E-state index is 0.0519. The van der Waals surface area contributed by atoms with Crippen molar-refractivity contribution in [2.75, 3.05) is 0 Å². The fraction of sp³-hybridized carbons (Fsp3) is 0.500. The summed E-state index contributed by atoms with van der Waals surface area (Å²) in [6.45, 7) is 7.65. The van der Waals surface area contributed by atoms with Crippen molar-refractivity contribution < 1.29 is 14.1 Å². The van der Waals surface area contributed by atoms with Crippen molar-refractivity contribution in [3.05, 3.63) is 28.0 Å². The first-order valence-corrected chi connectivity index (χ1v) is 5.81. The van der Waals surface area contributed by atoms with Gasteiger partial charge in [-0.05, 0) is 27.7 Å². The minimum Gasteiger partial charge on any atom is -0.398 e. The van der Waals surface area contributed by atoms with Crippen LogP contribution < -0.4 is 11.0 Å². The van der Waals surface area contributed by atoms with Crippen LogP contribution in [-0.2, 0) is 9.31 Å². The number of carbonyl (C=O) groups excluding carboxylic acids is 1. The standard InChI is InChI=1S/C12H16BNO4/c1-11(2)12(3,4)18-13(17-11)10-8(7-15)9(16)5-6-14-10/h5-7H,1-4H3,(H,14,16). The highest BCUT2D eigenvalue weighted by atomic mass is 16.7. The molecule has 0 spiro atoms. The number of nitrogens with one attached hydrogen (secondary N) is 1. The molecule has 1 fully saturated rings. The Hall–Kier alpha value is -1.40. The maximum atomic E-state index is 11.6. The Bertz CT molecular complexity index is 519. The van der Waals surface area contributed by atoms with Gasteiger partial charge < -0.3 is 14.3 Å². The SMILES string of the molecule is CC1(C)OB(c2[nH]ccc(=O)c2C=O)OC1(C)C. The summed E-state index contributed by atoms with van der Waals surface area (Å²) in [5.74, 6) is 0.